The lowest BCUT2D eigenvalue weighted by atomic mass is 10.1. The van der Waals surface area contributed by atoms with Crippen LogP contribution in [0.15, 0.2) is 36.4 Å². The Bertz CT molecular complexity index is 901. The zero-order valence-corrected chi connectivity index (χ0v) is 18.1. The van der Waals surface area contributed by atoms with Crippen molar-refractivity contribution in [2.45, 2.75) is 18.9 Å². The summed E-state index contributed by atoms with van der Waals surface area (Å²) in [4.78, 5) is 24.1. The van der Waals surface area contributed by atoms with Gasteiger partial charge in [-0.1, -0.05) is 6.07 Å². The van der Waals surface area contributed by atoms with Crippen molar-refractivity contribution >= 4 is 17.6 Å². The van der Waals surface area contributed by atoms with E-state index < -0.39 is 17.9 Å². The summed E-state index contributed by atoms with van der Waals surface area (Å²) in [6.07, 6.45) is 0.303. The molecule has 9 nitrogen and oxygen atoms in total. The van der Waals surface area contributed by atoms with Gasteiger partial charge in [-0.25, -0.2) is 0 Å². The van der Waals surface area contributed by atoms with Gasteiger partial charge in [0.2, 0.25) is 5.91 Å². The van der Waals surface area contributed by atoms with Gasteiger partial charge in [0, 0.05) is 6.07 Å². The van der Waals surface area contributed by atoms with Gasteiger partial charge >= 0.3 is 5.97 Å². The van der Waals surface area contributed by atoms with Crippen molar-refractivity contribution in [3.05, 3.63) is 42.0 Å². The summed E-state index contributed by atoms with van der Waals surface area (Å²) in [6.45, 7) is 0.363. The van der Waals surface area contributed by atoms with E-state index >= 15 is 0 Å². The summed E-state index contributed by atoms with van der Waals surface area (Å²) < 4.78 is 20.9. The number of anilines is 1. The Labute approximate surface area is 181 Å². The summed E-state index contributed by atoms with van der Waals surface area (Å²) in [5.74, 6) is 0.632. The second-order valence-corrected chi connectivity index (χ2v) is 6.60. The van der Waals surface area contributed by atoms with Gasteiger partial charge in [-0.2, -0.15) is 0 Å². The van der Waals surface area contributed by atoms with Crippen LogP contribution in [-0.4, -0.2) is 58.0 Å². The number of carboxylic acid groups (broad SMARTS) is 1. The van der Waals surface area contributed by atoms with Crippen molar-refractivity contribution < 1.29 is 33.6 Å². The molecule has 1 amide bonds. The predicted octanol–water partition coefficient (Wildman–Crippen LogP) is 2.34. The summed E-state index contributed by atoms with van der Waals surface area (Å²) in [7, 11) is 6.10. The first-order valence-electron chi connectivity index (χ1n) is 9.60. The highest BCUT2D eigenvalue weighted by Gasteiger charge is 2.21. The van der Waals surface area contributed by atoms with Crippen LogP contribution < -0.4 is 29.6 Å². The molecule has 2 aromatic carbocycles. The maximum Gasteiger partial charge on any atom is 0.321 e. The number of nitrogens with one attached hydrogen (secondary N) is 2. The maximum atomic E-state index is 12.4. The van der Waals surface area contributed by atoms with E-state index in [4.69, 9.17) is 18.9 Å². The van der Waals surface area contributed by atoms with E-state index in [1.165, 1.54) is 14.2 Å². The van der Waals surface area contributed by atoms with Crippen molar-refractivity contribution in [3.63, 3.8) is 0 Å². The van der Waals surface area contributed by atoms with E-state index in [-0.39, 0.29) is 6.42 Å². The number of carbonyl (C=O) groups is 2. The van der Waals surface area contributed by atoms with Crippen LogP contribution >= 0.6 is 0 Å². The first kappa shape index (κ1) is 23.8. The lowest BCUT2D eigenvalue weighted by Crippen LogP contribution is -2.40. The van der Waals surface area contributed by atoms with Gasteiger partial charge in [-0.15, -0.1) is 0 Å². The van der Waals surface area contributed by atoms with Crippen LogP contribution in [0.1, 0.15) is 12.0 Å². The first-order chi connectivity index (χ1) is 14.9. The standard InChI is InChI=1S/C22H28N2O7/c1-28-15-6-8-18(29-2)16(12-15)24-21(25)13-17(22(26)27)23-10-9-14-5-7-19(30-3)20(11-14)31-4/h5-8,11-12,17,23H,9-10,13H2,1-4H3,(H,24,25)(H,26,27)/t17-/m1/s1. The molecule has 0 saturated heterocycles. The van der Waals surface area contributed by atoms with Crippen LogP contribution in [-0.2, 0) is 16.0 Å². The number of carbonyl (C=O) groups excluding carboxylic acids is 1. The molecule has 0 radical (unpaired) electrons. The molecule has 0 fully saturated rings. The lowest BCUT2D eigenvalue weighted by Gasteiger charge is -2.16. The molecule has 0 aliphatic rings. The van der Waals surface area contributed by atoms with E-state index in [0.717, 1.165) is 5.56 Å². The van der Waals surface area contributed by atoms with Crippen LogP contribution in [0.2, 0.25) is 0 Å². The molecule has 31 heavy (non-hydrogen) atoms. The van der Waals surface area contributed by atoms with Crippen molar-refractivity contribution in [1.29, 1.82) is 0 Å². The third-order valence-corrected chi connectivity index (χ3v) is 4.62. The summed E-state index contributed by atoms with van der Waals surface area (Å²) >= 11 is 0. The maximum absolute atomic E-state index is 12.4. The highest BCUT2D eigenvalue weighted by atomic mass is 16.5. The average molecular weight is 432 g/mol. The highest BCUT2D eigenvalue weighted by molar-refractivity contribution is 5.95. The SMILES string of the molecule is COc1ccc(OC)c(NC(=O)C[C@@H](NCCc2ccc(OC)c(OC)c2)C(=O)O)c1. The van der Waals surface area contributed by atoms with Gasteiger partial charge in [0.05, 0.1) is 40.5 Å². The van der Waals surface area contributed by atoms with Crippen molar-refractivity contribution in [2.24, 2.45) is 0 Å². The van der Waals surface area contributed by atoms with Crippen LogP contribution in [0.3, 0.4) is 0 Å². The number of hydrogen-bond acceptors (Lipinski definition) is 7. The van der Waals surface area contributed by atoms with Gasteiger partial charge in [0.15, 0.2) is 11.5 Å². The average Bonchev–Trinajstić information content (AvgIpc) is 2.77. The summed E-state index contributed by atoms with van der Waals surface area (Å²) in [6, 6.07) is 9.42. The molecule has 1 atom stereocenters. The molecular formula is C22H28N2O7. The third-order valence-electron chi connectivity index (χ3n) is 4.62. The Hall–Kier alpha value is -3.46. The molecule has 0 bridgehead atoms. The summed E-state index contributed by atoms with van der Waals surface area (Å²) in [5, 5.41) is 15.1. The highest BCUT2D eigenvalue weighted by Crippen LogP contribution is 2.29. The molecule has 0 aromatic heterocycles. The van der Waals surface area contributed by atoms with Crippen LogP contribution in [0.4, 0.5) is 5.69 Å². The van der Waals surface area contributed by atoms with Crippen molar-refractivity contribution in [2.75, 3.05) is 40.3 Å². The molecule has 168 valence electrons. The minimum Gasteiger partial charge on any atom is -0.497 e. The molecule has 0 aliphatic heterocycles. The molecule has 0 heterocycles. The normalized spacial score (nSPS) is 11.4. The van der Waals surface area contributed by atoms with Crippen molar-refractivity contribution in [1.82, 2.24) is 5.32 Å². The number of aliphatic carboxylic acids is 1. The quantitative estimate of drug-likeness (QED) is 0.468. The van der Waals surface area contributed by atoms with Crippen molar-refractivity contribution in [3.8, 4) is 23.0 Å². The Morgan fingerprint density at radius 1 is 0.903 bits per heavy atom. The second-order valence-electron chi connectivity index (χ2n) is 6.60. The van der Waals surface area contributed by atoms with Crippen LogP contribution in [0, 0.1) is 0 Å². The lowest BCUT2D eigenvalue weighted by molar-refractivity contribution is -0.141. The Morgan fingerprint density at radius 3 is 2.19 bits per heavy atom. The molecule has 3 N–H and O–H groups in total. The first-order valence-corrected chi connectivity index (χ1v) is 9.60. The van der Waals surface area contributed by atoms with E-state index in [9.17, 15) is 14.7 Å². The van der Waals surface area contributed by atoms with E-state index in [0.29, 0.717) is 41.7 Å². The number of benzene rings is 2. The fourth-order valence-electron chi connectivity index (χ4n) is 2.97. The Morgan fingerprint density at radius 2 is 1.58 bits per heavy atom. The Kier molecular flexibility index (Phi) is 8.95. The molecule has 0 spiro atoms. The number of methoxy groups -OCH3 is 4. The summed E-state index contributed by atoms with van der Waals surface area (Å²) in [5.41, 5.74) is 1.35. The number of ether oxygens (including phenoxy) is 4. The smallest absolute Gasteiger partial charge is 0.321 e. The van der Waals surface area contributed by atoms with Gasteiger partial charge < -0.3 is 34.7 Å². The van der Waals surface area contributed by atoms with E-state index in [1.54, 1.807) is 38.5 Å². The molecule has 2 aromatic rings. The molecule has 0 unspecified atom stereocenters. The number of carboxylic acids is 1. The van der Waals surface area contributed by atoms with Gasteiger partial charge in [0.1, 0.15) is 17.5 Å². The number of rotatable bonds is 12. The fourth-order valence-corrected chi connectivity index (χ4v) is 2.97. The minimum absolute atomic E-state index is 0.248. The van der Waals surface area contributed by atoms with E-state index in [1.807, 2.05) is 12.1 Å². The molecule has 2 rings (SSSR count). The Balaban J connectivity index is 1.96. The van der Waals surface area contributed by atoms with Crippen LogP contribution in [0.25, 0.3) is 0 Å². The third kappa shape index (κ3) is 6.78. The largest absolute Gasteiger partial charge is 0.497 e. The fraction of sp³-hybridized carbons (Fsp3) is 0.364. The zero-order valence-electron chi connectivity index (χ0n) is 18.1. The molecular weight excluding hydrogens is 404 g/mol. The number of hydrogen-bond donors (Lipinski definition) is 3. The molecule has 0 aliphatic carbocycles. The minimum atomic E-state index is -1.11. The van der Waals surface area contributed by atoms with Gasteiger partial charge in [0.25, 0.3) is 0 Å². The van der Waals surface area contributed by atoms with Gasteiger partial charge in [-0.3, -0.25) is 9.59 Å². The second kappa shape index (κ2) is 11.7. The monoisotopic (exact) mass is 432 g/mol. The van der Waals surface area contributed by atoms with Gasteiger partial charge in [-0.05, 0) is 42.8 Å². The molecule has 9 heteroatoms. The zero-order chi connectivity index (χ0) is 22.8. The van der Waals surface area contributed by atoms with Crippen LogP contribution in [0.5, 0.6) is 23.0 Å². The molecule has 0 saturated carbocycles. The predicted molar refractivity (Wildman–Crippen MR) is 115 cm³/mol. The topological polar surface area (TPSA) is 115 Å². The number of amides is 1. The van der Waals surface area contributed by atoms with E-state index in [2.05, 4.69) is 10.6 Å².